The molecule has 1 aromatic heterocycles. The molecule has 1 nitrogen and oxygen atoms in total. The Bertz CT molecular complexity index is 589. The molecule has 0 bridgehead atoms. The Morgan fingerprint density at radius 1 is 1.15 bits per heavy atom. The second-order valence-electron chi connectivity index (χ2n) is 4.48. The molecule has 2 aromatic rings. The fourth-order valence-corrected chi connectivity index (χ4v) is 2.70. The molecular weight excluding hydrogens is 290 g/mol. The third kappa shape index (κ3) is 3.80. The number of hydrogen-bond donors (Lipinski definition) is 1. The molecule has 1 heterocycles. The molecule has 0 aliphatic rings. The lowest BCUT2D eigenvalue weighted by atomic mass is 10.1. The molecule has 0 fully saturated rings. The standard InChI is InChI=1S/C14H13F4NS/c1-9-2-3-20-13(9)8-19-7-10-4-11(14(16,17)18)6-12(15)5-10/h2-6,19H,7-8H2,1H3. The van der Waals surface area contributed by atoms with Gasteiger partial charge in [0.1, 0.15) is 5.82 Å². The van der Waals surface area contributed by atoms with Gasteiger partial charge in [0, 0.05) is 18.0 Å². The minimum atomic E-state index is -4.53. The zero-order valence-electron chi connectivity index (χ0n) is 10.7. The average molecular weight is 303 g/mol. The van der Waals surface area contributed by atoms with E-state index in [-0.39, 0.29) is 12.1 Å². The zero-order valence-corrected chi connectivity index (χ0v) is 11.5. The van der Waals surface area contributed by atoms with Gasteiger partial charge in [0.05, 0.1) is 5.56 Å². The zero-order chi connectivity index (χ0) is 14.8. The first kappa shape index (κ1) is 15.0. The number of hydrogen-bond acceptors (Lipinski definition) is 2. The number of nitrogens with one attached hydrogen (secondary N) is 1. The molecule has 0 atom stereocenters. The molecule has 1 N–H and O–H groups in total. The van der Waals surface area contributed by atoms with Crippen LogP contribution in [0.3, 0.4) is 0 Å². The van der Waals surface area contributed by atoms with Crippen LogP contribution in [0.15, 0.2) is 29.6 Å². The van der Waals surface area contributed by atoms with Crippen LogP contribution in [0, 0.1) is 12.7 Å². The molecule has 108 valence electrons. The SMILES string of the molecule is Cc1ccsc1CNCc1cc(F)cc(C(F)(F)F)c1. The van der Waals surface area contributed by atoms with Crippen molar-refractivity contribution in [2.24, 2.45) is 0 Å². The van der Waals surface area contributed by atoms with E-state index in [1.54, 1.807) is 11.3 Å². The van der Waals surface area contributed by atoms with Gasteiger partial charge in [-0.2, -0.15) is 13.2 Å². The number of benzene rings is 1. The van der Waals surface area contributed by atoms with Crippen molar-refractivity contribution < 1.29 is 17.6 Å². The summed E-state index contributed by atoms with van der Waals surface area (Å²) in [6.07, 6.45) is -4.53. The van der Waals surface area contributed by atoms with Crippen LogP contribution in [-0.4, -0.2) is 0 Å². The highest BCUT2D eigenvalue weighted by atomic mass is 32.1. The molecule has 20 heavy (non-hydrogen) atoms. The van der Waals surface area contributed by atoms with Crippen molar-refractivity contribution in [3.8, 4) is 0 Å². The van der Waals surface area contributed by atoms with Gasteiger partial charge < -0.3 is 5.32 Å². The third-order valence-electron chi connectivity index (χ3n) is 2.87. The van der Waals surface area contributed by atoms with Crippen molar-refractivity contribution in [2.75, 3.05) is 0 Å². The van der Waals surface area contributed by atoms with Gasteiger partial charge in [-0.3, -0.25) is 0 Å². The minimum absolute atomic E-state index is 0.193. The maximum Gasteiger partial charge on any atom is 0.416 e. The number of alkyl halides is 3. The highest BCUT2D eigenvalue weighted by molar-refractivity contribution is 7.10. The van der Waals surface area contributed by atoms with E-state index in [2.05, 4.69) is 5.32 Å². The molecule has 0 saturated heterocycles. The Hall–Kier alpha value is -1.40. The summed E-state index contributed by atoms with van der Waals surface area (Å²) in [6.45, 7) is 2.72. The van der Waals surface area contributed by atoms with Gasteiger partial charge in [0.15, 0.2) is 0 Å². The summed E-state index contributed by atoms with van der Waals surface area (Å²) in [5.41, 5.74) is 0.464. The Balaban J connectivity index is 2.03. The lowest BCUT2D eigenvalue weighted by Gasteiger charge is -2.10. The normalized spacial score (nSPS) is 11.8. The molecule has 1 aromatic carbocycles. The first-order chi connectivity index (χ1) is 9.36. The summed E-state index contributed by atoms with van der Waals surface area (Å²) < 4.78 is 50.9. The van der Waals surface area contributed by atoms with E-state index in [9.17, 15) is 17.6 Å². The first-order valence-corrected chi connectivity index (χ1v) is 6.84. The molecular formula is C14H13F4NS. The van der Waals surface area contributed by atoms with Gasteiger partial charge in [0.25, 0.3) is 0 Å². The Morgan fingerprint density at radius 2 is 1.90 bits per heavy atom. The van der Waals surface area contributed by atoms with Gasteiger partial charge >= 0.3 is 6.18 Å². The first-order valence-electron chi connectivity index (χ1n) is 5.96. The molecule has 0 radical (unpaired) electrons. The van der Waals surface area contributed by atoms with Gasteiger partial charge in [-0.25, -0.2) is 4.39 Å². The predicted molar refractivity (Wildman–Crippen MR) is 71.0 cm³/mol. The Labute approximate surface area is 118 Å². The lowest BCUT2D eigenvalue weighted by molar-refractivity contribution is -0.137. The van der Waals surface area contributed by atoms with Crippen molar-refractivity contribution in [1.29, 1.82) is 0 Å². The molecule has 0 unspecified atom stereocenters. The summed E-state index contributed by atoms with van der Waals surface area (Å²) in [6, 6.07) is 4.57. The second kappa shape index (κ2) is 5.93. The maximum absolute atomic E-state index is 13.2. The topological polar surface area (TPSA) is 12.0 Å². The summed E-state index contributed by atoms with van der Waals surface area (Å²) in [5, 5.41) is 4.98. The highest BCUT2D eigenvalue weighted by Gasteiger charge is 2.31. The van der Waals surface area contributed by atoms with Crippen LogP contribution in [0.2, 0.25) is 0 Å². The van der Waals surface area contributed by atoms with E-state index >= 15 is 0 Å². The van der Waals surface area contributed by atoms with E-state index in [4.69, 9.17) is 0 Å². The number of rotatable bonds is 4. The average Bonchev–Trinajstić information content (AvgIpc) is 2.73. The summed E-state index contributed by atoms with van der Waals surface area (Å²) in [5.74, 6) is -0.871. The maximum atomic E-state index is 13.2. The van der Waals surface area contributed by atoms with E-state index in [1.807, 2.05) is 18.4 Å². The minimum Gasteiger partial charge on any atom is -0.308 e. The van der Waals surface area contributed by atoms with Crippen LogP contribution in [0.5, 0.6) is 0 Å². The Kier molecular flexibility index (Phi) is 4.45. The summed E-state index contributed by atoms with van der Waals surface area (Å²) in [4.78, 5) is 1.12. The van der Waals surface area contributed by atoms with Gasteiger partial charge in [-0.05, 0) is 47.7 Å². The Morgan fingerprint density at radius 3 is 2.50 bits per heavy atom. The van der Waals surface area contributed by atoms with E-state index in [0.29, 0.717) is 12.6 Å². The van der Waals surface area contributed by atoms with Crippen LogP contribution in [-0.2, 0) is 19.3 Å². The highest BCUT2D eigenvalue weighted by Crippen LogP contribution is 2.30. The van der Waals surface area contributed by atoms with Gasteiger partial charge in [0.2, 0.25) is 0 Å². The smallest absolute Gasteiger partial charge is 0.308 e. The molecule has 2 rings (SSSR count). The van der Waals surface area contributed by atoms with Crippen LogP contribution in [0.25, 0.3) is 0 Å². The van der Waals surface area contributed by atoms with E-state index < -0.39 is 17.6 Å². The van der Waals surface area contributed by atoms with Crippen molar-refractivity contribution in [3.05, 3.63) is 57.0 Å². The number of halogens is 4. The lowest BCUT2D eigenvalue weighted by Crippen LogP contribution is -2.14. The van der Waals surface area contributed by atoms with Crippen molar-refractivity contribution in [2.45, 2.75) is 26.2 Å². The largest absolute Gasteiger partial charge is 0.416 e. The van der Waals surface area contributed by atoms with E-state index in [0.717, 1.165) is 22.6 Å². The van der Waals surface area contributed by atoms with Crippen LogP contribution < -0.4 is 5.32 Å². The quantitative estimate of drug-likeness (QED) is 0.820. The molecule has 0 aliphatic carbocycles. The molecule has 0 aliphatic heterocycles. The van der Waals surface area contributed by atoms with Crippen LogP contribution in [0.1, 0.15) is 21.6 Å². The molecule has 0 amide bonds. The van der Waals surface area contributed by atoms with Gasteiger partial charge in [-0.1, -0.05) is 0 Å². The predicted octanol–water partition coefficient (Wildman–Crippen LogP) is 4.50. The fourth-order valence-electron chi connectivity index (χ4n) is 1.82. The van der Waals surface area contributed by atoms with Crippen LogP contribution in [0.4, 0.5) is 17.6 Å². The fraction of sp³-hybridized carbons (Fsp3) is 0.286. The molecule has 0 saturated carbocycles. The van der Waals surface area contributed by atoms with Gasteiger partial charge in [-0.15, -0.1) is 11.3 Å². The van der Waals surface area contributed by atoms with E-state index in [1.165, 1.54) is 0 Å². The van der Waals surface area contributed by atoms with Crippen molar-refractivity contribution >= 4 is 11.3 Å². The molecule has 6 heteroatoms. The number of thiophene rings is 1. The summed E-state index contributed by atoms with van der Waals surface area (Å²) >= 11 is 1.58. The third-order valence-corrected chi connectivity index (χ3v) is 3.89. The molecule has 0 spiro atoms. The second-order valence-corrected chi connectivity index (χ2v) is 5.48. The van der Waals surface area contributed by atoms with Crippen LogP contribution >= 0.6 is 11.3 Å². The monoisotopic (exact) mass is 303 g/mol. The summed E-state index contributed by atoms with van der Waals surface area (Å²) in [7, 11) is 0. The van der Waals surface area contributed by atoms with Crippen molar-refractivity contribution in [1.82, 2.24) is 5.32 Å². The number of aryl methyl sites for hydroxylation is 1. The van der Waals surface area contributed by atoms with Crippen molar-refractivity contribution in [3.63, 3.8) is 0 Å².